The highest BCUT2D eigenvalue weighted by atomic mass is 79.9. The van der Waals surface area contributed by atoms with Crippen LogP contribution in [0.1, 0.15) is 13.8 Å². The van der Waals surface area contributed by atoms with Crippen molar-refractivity contribution in [3.05, 3.63) is 28.7 Å². The maximum atomic E-state index is 12.0. The lowest BCUT2D eigenvalue weighted by atomic mass is 9.94. The number of amides is 1. The van der Waals surface area contributed by atoms with Crippen LogP contribution in [0, 0.1) is 16.7 Å². The van der Waals surface area contributed by atoms with Crippen molar-refractivity contribution in [3.8, 4) is 6.07 Å². The molecule has 0 aliphatic heterocycles. The third-order valence-corrected chi connectivity index (χ3v) is 2.81. The fraction of sp³-hybridized carbons (Fsp3) is 0.333. The smallest absolute Gasteiger partial charge is 0.246 e. The van der Waals surface area contributed by atoms with Gasteiger partial charge in [0, 0.05) is 17.2 Å². The van der Waals surface area contributed by atoms with Gasteiger partial charge in [-0.25, -0.2) is 0 Å². The Kier molecular flexibility index (Phi) is 3.71. The highest BCUT2D eigenvalue weighted by molar-refractivity contribution is 9.10. The molecule has 1 aromatic rings. The number of benzene rings is 1. The van der Waals surface area contributed by atoms with E-state index >= 15 is 0 Å². The van der Waals surface area contributed by atoms with Crippen molar-refractivity contribution in [2.75, 3.05) is 11.9 Å². The number of carbonyl (C=O) groups excluding carboxylic acids is 1. The summed E-state index contributed by atoms with van der Waals surface area (Å²) >= 11 is 3.34. The van der Waals surface area contributed by atoms with Gasteiger partial charge in [0.1, 0.15) is 5.41 Å². The first kappa shape index (κ1) is 12.7. The van der Waals surface area contributed by atoms with Crippen LogP contribution in [0.5, 0.6) is 0 Å². The van der Waals surface area contributed by atoms with Crippen molar-refractivity contribution in [1.29, 1.82) is 5.26 Å². The van der Waals surface area contributed by atoms with E-state index in [4.69, 9.17) is 5.26 Å². The van der Waals surface area contributed by atoms with Crippen LogP contribution in [0.4, 0.5) is 5.69 Å². The molecule has 0 saturated heterocycles. The van der Waals surface area contributed by atoms with Gasteiger partial charge in [-0.15, -0.1) is 0 Å². The minimum atomic E-state index is -1.00. The molecule has 0 spiro atoms. The third kappa shape index (κ3) is 2.61. The molecule has 84 valence electrons. The highest BCUT2D eigenvalue weighted by Crippen LogP contribution is 2.24. The number of hydrogen-bond donors (Lipinski definition) is 0. The Bertz CT molecular complexity index is 449. The van der Waals surface area contributed by atoms with Crippen LogP contribution in [0.2, 0.25) is 0 Å². The van der Waals surface area contributed by atoms with Crippen LogP contribution in [-0.4, -0.2) is 13.0 Å². The number of hydrogen-bond acceptors (Lipinski definition) is 2. The fourth-order valence-corrected chi connectivity index (χ4v) is 1.66. The minimum Gasteiger partial charge on any atom is -0.314 e. The van der Waals surface area contributed by atoms with E-state index < -0.39 is 5.41 Å². The molecule has 0 saturated carbocycles. The lowest BCUT2D eigenvalue weighted by molar-refractivity contribution is -0.123. The van der Waals surface area contributed by atoms with E-state index in [-0.39, 0.29) is 5.91 Å². The van der Waals surface area contributed by atoms with Crippen molar-refractivity contribution in [1.82, 2.24) is 0 Å². The fourth-order valence-electron chi connectivity index (χ4n) is 1.27. The summed E-state index contributed by atoms with van der Waals surface area (Å²) in [5, 5.41) is 8.91. The average molecular weight is 281 g/mol. The van der Waals surface area contributed by atoms with Gasteiger partial charge in [0.15, 0.2) is 0 Å². The van der Waals surface area contributed by atoms with E-state index in [1.54, 1.807) is 20.9 Å². The molecule has 1 aromatic carbocycles. The number of halogens is 1. The molecule has 0 radical (unpaired) electrons. The molecular formula is C12H13BrN2O. The Labute approximate surface area is 104 Å². The first-order valence-corrected chi connectivity index (χ1v) is 5.63. The van der Waals surface area contributed by atoms with Gasteiger partial charge in [0.05, 0.1) is 6.07 Å². The van der Waals surface area contributed by atoms with E-state index in [0.29, 0.717) is 0 Å². The molecule has 0 aliphatic carbocycles. The minimum absolute atomic E-state index is 0.215. The Morgan fingerprint density at radius 2 is 2.12 bits per heavy atom. The van der Waals surface area contributed by atoms with Crippen LogP contribution in [0.15, 0.2) is 28.7 Å². The summed E-state index contributed by atoms with van der Waals surface area (Å²) in [6.45, 7) is 3.23. The van der Waals surface area contributed by atoms with E-state index in [1.165, 1.54) is 4.90 Å². The number of nitrogens with zero attached hydrogens (tertiary/aromatic N) is 2. The predicted molar refractivity (Wildman–Crippen MR) is 66.9 cm³/mol. The molecule has 0 aliphatic rings. The van der Waals surface area contributed by atoms with Crippen LogP contribution in [-0.2, 0) is 4.79 Å². The zero-order chi connectivity index (χ0) is 12.3. The topological polar surface area (TPSA) is 44.1 Å². The summed E-state index contributed by atoms with van der Waals surface area (Å²) in [6.07, 6.45) is 0. The molecule has 4 heteroatoms. The van der Waals surface area contributed by atoms with Crippen LogP contribution >= 0.6 is 15.9 Å². The largest absolute Gasteiger partial charge is 0.314 e. The van der Waals surface area contributed by atoms with Gasteiger partial charge in [-0.2, -0.15) is 5.26 Å². The molecule has 0 fully saturated rings. The summed E-state index contributed by atoms with van der Waals surface area (Å²) < 4.78 is 0.902. The zero-order valence-electron chi connectivity index (χ0n) is 9.49. The second kappa shape index (κ2) is 4.67. The lowest BCUT2D eigenvalue weighted by Crippen LogP contribution is -2.37. The third-order valence-electron chi connectivity index (χ3n) is 2.31. The SMILES string of the molecule is CN(C(=O)C(C)(C)C#N)c1cccc(Br)c1. The summed E-state index contributed by atoms with van der Waals surface area (Å²) in [4.78, 5) is 13.5. The van der Waals surface area contributed by atoms with E-state index in [1.807, 2.05) is 30.3 Å². The molecule has 3 nitrogen and oxygen atoms in total. The number of carbonyl (C=O) groups is 1. The standard InChI is InChI=1S/C12H13BrN2O/c1-12(2,8-14)11(16)15(3)10-6-4-5-9(13)7-10/h4-7H,1-3H3. The van der Waals surface area contributed by atoms with Gasteiger partial charge in [-0.3, -0.25) is 4.79 Å². The normalized spacial score (nSPS) is 10.7. The Morgan fingerprint density at radius 3 is 2.62 bits per heavy atom. The summed E-state index contributed by atoms with van der Waals surface area (Å²) in [5.41, 5.74) is -0.237. The Hall–Kier alpha value is -1.34. The van der Waals surface area contributed by atoms with Crippen molar-refractivity contribution in [2.45, 2.75) is 13.8 Å². The van der Waals surface area contributed by atoms with Gasteiger partial charge < -0.3 is 4.90 Å². The maximum absolute atomic E-state index is 12.0. The molecule has 1 rings (SSSR count). The van der Waals surface area contributed by atoms with Crippen LogP contribution < -0.4 is 4.90 Å². The van der Waals surface area contributed by atoms with E-state index in [0.717, 1.165) is 10.2 Å². The average Bonchev–Trinajstić information content (AvgIpc) is 2.27. The van der Waals surface area contributed by atoms with Gasteiger partial charge >= 0.3 is 0 Å². The van der Waals surface area contributed by atoms with Crippen molar-refractivity contribution >= 4 is 27.5 Å². The molecule has 0 bridgehead atoms. The molecule has 0 unspecified atom stereocenters. The number of anilines is 1. The molecular weight excluding hydrogens is 268 g/mol. The van der Waals surface area contributed by atoms with Crippen molar-refractivity contribution in [3.63, 3.8) is 0 Å². The monoisotopic (exact) mass is 280 g/mol. The molecule has 0 atom stereocenters. The highest BCUT2D eigenvalue weighted by Gasteiger charge is 2.30. The molecule has 0 heterocycles. The van der Waals surface area contributed by atoms with Gasteiger partial charge in [0.25, 0.3) is 0 Å². The first-order chi connectivity index (χ1) is 7.38. The summed E-state index contributed by atoms with van der Waals surface area (Å²) in [5.74, 6) is -0.215. The molecule has 0 aromatic heterocycles. The summed E-state index contributed by atoms with van der Waals surface area (Å²) in [6, 6.07) is 9.41. The van der Waals surface area contributed by atoms with Gasteiger partial charge in [-0.1, -0.05) is 22.0 Å². The van der Waals surface area contributed by atoms with Crippen LogP contribution in [0.3, 0.4) is 0 Å². The molecule has 16 heavy (non-hydrogen) atoms. The van der Waals surface area contributed by atoms with E-state index in [2.05, 4.69) is 15.9 Å². The van der Waals surface area contributed by atoms with Crippen molar-refractivity contribution in [2.24, 2.45) is 5.41 Å². The first-order valence-electron chi connectivity index (χ1n) is 4.83. The Balaban J connectivity index is 3.00. The van der Waals surface area contributed by atoms with E-state index in [9.17, 15) is 4.79 Å². The van der Waals surface area contributed by atoms with Gasteiger partial charge in [-0.05, 0) is 32.0 Å². The second-order valence-corrected chi connectivity index (χ2v) is 5.00. The molecule has 0 N–H and O–H groups in total. The van der Waals surface area contributed by atoms with Gasteiger partial charge in [0.2, 0.25) is 5.91 Å². The van der Waals surface area contributed by atoms with Crippen LogP contribution in [0.25, 0.3) is 0 Å². The number of nitriles is 1. The van der Waals surface area contributed by atoms with Crippen molar-refractivity contribution < 1.29 is 4.79 Å². The quantitative estimate of drug-likeness (QED) is 0.836. The second-order valence-electron chi connectivity index (χ2n) is 4.08. The predicted octanol–water partition coefficient (Wildman–Crippen LogP) is 2.96. The lowest BCUT2D eigenvalue weighted by Gasteiger charge is -2.24. The Morgan fingerprint density at radius 1 is 1.50 bits per heavy atom. The maximum Gasteiger partial charge on any atom is 0.246 e. The molecule has 1 amide bonds. The number of rotatable bonds is 2. The summed E-state index contributed by atoms with van der Waals surface area (Å²) in [7, 11) is 1.67. The zero-order valence-corrected chi connectivity index (χ0v) is 11.1.